The molecule has 7 rings (SSSR count). The topological polar surface area (TPSA) is 89.1 Å². The molecule has 0 atom stereocenters. The third kappa shape index (κ3) is 3.02. The molecule has 1 aromatic carbocycles. The van der Waals surface area contributed by atoms with E-state index in [0.717, 1.165) is 37.9 Å². The van der Waals surface area contributed by atoms with Crippen LogP contribution in [-0.2, 0) is 5.41 Å². The highest BCUT2D eigenvalue weighted by atomic mass is 19.3. The van der Waals surface area contributed by atoms with Crippen LogP contribution in [0.2, 0.25) is 0 Å². The van der Waals surface area contributed by atoms with Crippen molar-refractivity contribution in [1.82, 2.24) is 20.3 Å². The van der Waals surface area contributed by atoms with Crippen LogP contribution in [0.1, 0.15) is 60.4 Å². The van der Waals surface area contributed by atoms with Crippen LogP contribution in [0.15, 0.2) is 30.5 Å². The maximum Gasteiger partial charge on any atom is 0.270 e. The monoisotopic (exact) mass is 440 g/mol. The second kappa shape index (κ2) is 6.88. The van der Waals surface area contributed by atoms with Crippen LogP contribution < -0.4 is 14.8 Å². The fourth-order valence-corrected chi connectivity index (χ4v) is 5.59. The Morgan fingerprint density at radius 2 is 1.94 bits per heavy atom. The summed E-state index contributed by atoms with van der Waals surface area (Å²) >= 11 is 0. The zero-order chi connectivity index (χ0) is 21.9. The fourth-order valence-electron chi connectivity index (χ4n) is 5.59. The van der Waals surface area contributed by atoms with Crippen LogP contribution in [0, 0.1) is 0 Å². The van der Waals surface area contributed by atoms with Crippen LogP contribution in [0.25, 0.3) is 11.0 Å². The van der Waals surface area contributed by atoms with E-state index in [0.29, 0.717) is 41.4 Å². The Balaban J connectivity index is 1.22. The predicted molar refractivity (Wildman–Crippen MR) is 111 cm³/mol. The maximum atomic E-state index is 13.1. The molecule has 1 amide bonds. The number of aromatic nitrogens is 3. The first-order valence-electron chi connectivity index (χ1n) is 10.8. The zero-order valence-electron chi connectivity index (χ0n) is 17.3. The predicted octanol–water partition coefficient (Wildman–Crippen LogP) is 4.05. The Morgan fingerprint density at radius 3 is 2.75 bits per heavy atom. The molecule has 0 spiro atoms. The normalized spacial score (nSPS) is 26.1. The smallest absolute Gasteiger partial charge is 0.270 e. The molecule has 2 bridgehead atoms. The number of halogens is 2. The Hall–Kier alpha value is -3.23. The summed E-state index contributed by atoms with van der Waals surface area (Å²) in [4.78, 5) is 25.2. The van der Waals surface area contributed by atoms with E-state index in [2.05, 4.69) is 15.3 Å². The molecule has 1 aliphatic heterocycles. The van der Waals surface area contributed by atoms with Crippen molar-refractivity contribution < 1.29 is 23.0 Å². The molecule has 3 aliphatic carbocycles. The molecule has 0 unspecified atom stereocenters. The molecule has 4 aliphatic rings. The van der Waals surface area contributed by atoms with Gasteiger partial charge in [-0.3, -0.25) is 4.79 Å². The van der Waals surface area contributed by atoms with E-state index in [1.165, 1.54) is 18.3 Å². The summed E-state index contributed by atoms with van der Waals surface area (Å²) in [6.07, 6.45) is 3.33. The van der Waals surface area contributed by atoms with Crippen molar-refractivity contribution in [3.8, 4) is 11.5 Å². The summed E-state index contributed by atoms with van der Waals surface area (Å²) in [5.41, 5.74) is 1.12. The number of alkyl halides is 2. The van der Waals surface area contributed by atoms with Crippen molar-refractivity contribution in [2.24, 2.45) is 0 Å². The lowest BCUT2D eigenvalue weighted by molar-refractivity contribution is 0.00515. The number of nitrogens with one attached hydrogen (secondary N) is 2. The van der Waals surface area contributed by atoms with Crippen molar-refractivity contribution in [1.29, 1.82) is 0 Å². The third-order valence-electron chi connectivity index (χ3n) is 6.97. The largest absolute Gasteiger partial charge is 0.486 e. The Bertz CT molecular complexity index is 1220. The third-order valence-corrected chi connectivity index (χ3v) is 6.97. The molecular formula is C23H22F2N4O3. The summed E-state index contributed by atoms with van der Waals surface area (Å²) < 4.78 is 37.1. The highest BCUT2D eigenvalue weighted by molar-refractivity contribution is 5.93. The number of fused-ring (bicyclic) bond motifs is 4. The second-order valence-corrected chi connectivity index (χ2v) is 9.10. The van der Waals surface area contributed by atoms with Gasteiger partial charge in [-0.05, 0) is 37.8 Å². The molecule has 3 heterocycles. The van der Waals surface area contributed by atoms with Crippen molar-refractivity contribution in [2.45, 2.75) is 49.5 Å². The molecule has 0 saturated heterocycles. The van der Waals surface area contributed by atoms with Gasteiger partial charge in [0.1, 0.15) is 24.7 Å². The average Bonchev–Trinajstić information content (AvgIpc) is 3.22. The Labute approximate surface area is 182 Å². The summed E-state index contributed by atoms with van der Waals surface area (Å²) in [6.45, 7) is 0.914. The van der Waals surface area contributed by atoms with E-state index in [9.17, 15) is 13.6 Å². The SMILES string of the molecule is O=C(NC12CCCC(c3nc4ccc(C(F)F)cc4[nH]3)(C1)C2)c1cc2c(cn1)OCCO2. The number of imidazole rings is 1. The van der Waals surface area contributed by atoms with Gasteiger partial charge in [0.15, 0.2) is 11.5 Å². The molecule has 2 aromatic heterocycles. The molecule has 3 aromatic rings. The number of hydrogen-bond donors (Lipinski definition) is 2. The second-order valence-electron chi connectivity index (χ2n) is 9.10. The number of nitrogens with zero attached hydrogens (tertiary/aromatic N) is 2. The summed E-state index contributed by atoms with van der Waals surface area (Å²) in [6, 6.07) is 6.14. The summed E-state index contributed by atoms with van der Waals surface area (Å²) in [5, 5.41) is 3.20. The molecule has 9 heteroatoms. The first kappa shape index (κ1) is 19.5. The Morgan fingerprint density at radius 1 is 1.12 bits per heavy atom. The number of aromatic amines is 1. The van der Waals surface area contributed by atoms with Gasteiger partial charge >= 0.3 is 0 Å². The number of amides is 1. The minimum absolute atomic E-state index is 0.0176. The van der Waals surface area contributed by atoms with Gasteiger partial charge in [0.05, 0.1) is 17.2 Å². The molecule has 3 fully saturated rings. The fraction of sp³-hybridized carbons (Fsp3) is 0.435. The molecule has 166 valence electrons. The van der Waals surface area contributed by atoms with Gasteiger partial charge in [-0.25, -0.2) is 18.7 Å². The van der Waals surface area contributed by atoms with Crippen LogP contribution >= 0.6 is 0 Å². The maximum absolute atomic E-state index is 13.1. The van der Waals surface area contributed by atoms with Crippen LogP contribution in [0.4, 0.5) is 8.78 Å². The van der Waals surface area contributed by atoms with Gasteiger partial charge in [-0.1, -0.05) is 12.5 Å². The Kier molecular flexibility index (Phi) is 4.18. The minimum Gasteiger partial charge on any atom is -0.486 e. The molecule has 7 nitrogen and oxygen atoms in total. The van der Waals surface area contributed by atoms with E-state index in [4.69, 9.17) is 14.5 Å². The average molecular weight is 440 g/mol. The lowest BCUT2D eigenvalue weighted by Crippen LogP contribution is -2.66. The van der Waals surface area contributed by atoms with Crippen molar-refractivity contribution >= 4 is 16.9 Å². The molecule has 0 radical (unpaired) electrons. The van der Waals surface area contributed by atoms with E-state index < -0.39 is 6.43 Å². The van der Waals surface area contributed by atoms with E-state index in [1.54, 1.807) is 12.1 Å². The van der Waals surface area contributed by atoms with Crippen LogP contribution in [0.3, 0.4) is 0 Å². The number of carbonyl (C=O) groups is 1. The van der Waals surface area contributed by atoms with Gasteiger partial charge < -0.3 is 19.8 Å². The number of benzene rings is 1. The van der Waals surface area contributed by atoms with Gasteiger partial charge in [0.25, 0.3) is 12.3 Å². The molecular weight excluding hydrogens is 418 g/mol. The number of carbonyl (C=O) groups excluding carboxylic acids is 1. The lowest BCUT2D eigenvalue weighted by atomic mass is 9.49. The van der Waals surface area contributed by atoms with E-state index in [-0.39, 0.29) is 22.4 Å². The van der Waals surface area contributed by atoms with E-state index in [1.807, 2.05) is 0 Å². The van der Waals surface area contributed by atoms with Crippen molar-refractivity contribution in [3.63, 3.8) is 0 Å². The number of ether oxygens (including phenoxy) is 2. The van der Waals surface area contributed by atoms with Gasteiger partial charge in [0.2, 0.25) is 0 Å². The molecule has 3 saturated carbocycles. The molecule has 2 N–H and O–H groups in total. The molecule has 32 heavy (non-hydrogen) atoms. The lowest BCUT2D eigenvalue weighted by Gasteiger charge is -2.59. The zero-order valence-corrected chi connectivity index (χ0v) is 17.3. The van der Waals surface area contributed by atoms with Gasteiger partial charge in [-0.2, -0.15) is 0 Å². The first-order chi connectivity index (χ1) is 15.5. The first-order valence-corrected chi connectivity index (χ1v) is 10.8. The standard InChI is InChI=1S/C23H22F2N4O3/c24-19(25)13-2-3-14-15(8-13)28-21(27-14)22-4-1-5-23(11-22,12-22)29-20(30)16-9-17-18(10-26-16)32-7-6-31-17/h2-3,8-10,19H,1,4-7,11-12H2,(H,27,28)(H,29,30). The van der Waals surface area contributed by atoms with Crippen LogP contribution in [-0.4, -0.2) is 39.6 Å². The number of rotatable bonds is 4. The summed E-state index contributed by atoms with van der Waals surface area (Å²) in [5.74, 6) is 1.67. The highest BCUT2D eigenvalue weighted by Crippen LogP contribution is 2.58. The minimum atomic E-state index is -2.51. The van der Waals surface area contributed by atoms with Crippen molar-refractivity contribution in [2.75, 3.05) is 13.2 Å². The summed E-state index contributed by atoms with van der Waals surface area (Å²) in [7, 11) is 0. The number of pyridine rings is 1. The number of H-pyrrole nitrogens is 1. The van der Waals surface area contributed by atoms with Gasteiger partial charge in [-0.15, -0.1) is 0 Å². The van der Waals surface area contributed by atoms with Gasteiger partial charge in [0, 0.05) is 22.6 Å². The highest BCUT2D eigenvalue weighted by Gasteiger charge is 2.60. The van der Waals surface area contributed by atoms with E-state index >= 15 is 0 Å². The quantitative estimate of drug-likeness (QED) is 0.639. The van der Waals surface area contributed by atoms with Crippen LogP contribution in [0.5, 0.6) is 11.5 Å². The number of hydrogen-bond acceptors (Lipinski definition) is 5. The van der Waals surface area contributed by atoms with Crippen molar-refractivity contribution in [3.05, 3.63) is 47.5 Å².